The number of non-ortho nitro benzene ring substituents is 1. The summed E-state index contributed by atoms with van der Waals surface area (Å²) in [7, 11) is 0. The van der Waals surface area contributed by atoms with Gasteiger partial charge in [0, 0.05) is 28.3 Å². The van der Waals surface area contributed by atoms with Gasteiger partial charge in [-0.2, -0.15) is 5.10 Å². The van der Waals surface area contributed by atoms with Gasteiger partial charge < -0.3 is 0 Å². The molecule has 0 unspecified atom stereocenters. The molecule has 1 aromatic carbocycles. The molecule has 0 fully saturated rings. The van der Waals surface area contributed by atoms with Gasteiger partial charge in [-0.1, -0.05) is 30.8 Å². The minimum atomic E-state index is -0.468. The van der Waals surface area contributed by atoms with E-state index in [9.17, 15) is 14.9 Å². The number of halogens is 1. The first-order valence-electron chi connectivity index (χ1n) is 7.32. The van der Waals surface area contributed by atoms with Crippen LogP contribution >= 0.6 is 11.6 Å². The molecule has 1 heterocycles. The number of nitro benzene ring substituents is 1. The van der Waals surface area contributed by atoms with Gasteiger partial charge in [-0.3, -0.25) is 14.9 Å². The Balaban J connectivity index is 2.37. The van der Waals surface area contributed by atoms with Crippen LogP contribution in [0.1, 0.15) is 5.56 Å². The minimum absolute atomic E-state index is 0.00591. The van der Waals surface area contributed by atoms with Gasteiger partial charge in [-0.05, 0) is 36.8 Å². The van der Waals surface area contributed by atoms with Crippen molar-refractivity contribution in [3.8, 4) is 11.3 Å². The van der Waals surface area contributed by atoms with E-state index in [0.29, 0.717) is 27.4 Å². The van der Waals surface area contributed by atoms with Crippen LogP contribution in [0.4, 0.5) is 5.69 Å². The molecule has 2 aromatic rings. The van der Waals surface area contributed by atoms with Crippen molar-refractivity contribution in [3.63, 3.8) is 0 Å². The van der Waals surface area contributed by atoms with Crippen LogP contribution in [0.3, 0.4) is 0 Å². The lowest BCUT2D eigenvalue weighted by atomic mass is 10.1. The van der Waals surface area contributed by atoms with Crippen molar-refractivity contribution < 1.29 is 4.92 Å². The molecule has 0 spiro atoms. The fourth-order valence-electron chi connectivity index (χ4n) is 2.13. The van der Waals surface area contributed by atoms with Crippen molar-refractivity contribution in [1.29, 1.82) is 0 Å². The molecule has 7 heteroatoms. The Labute approximate surface area is 149 Å². The second-order valence-electron chi connectivity index (χ2n) is 5.42. The monoisotopic (exact) mass is 357 g/mol. The molecule has 2 rings (SSSR count). The number of hydrogen-bond acceptors (Lipinski definition) is 4. The number of aromatic nitrogens is 2. The summed E-state index contributed by atoms with van der Waals surface area (Å²) in [5.74, 6) is 0. The average Bonchev–Trinajstić information content (AvgIpc) is 2.57. The Hall–Kier alpha value is -2.99. The van der Waals surface area contributed by atoms with Crippen molar-refractivity contribution in [3.05, 3.63) is 92.3 Å². The fraction of sp³-hybridized carbons (Fsp3) is 0.111. The Morgan fingerprint density at radius 3 is 2.52 bits per heavy atom. The summed E-state index contributed by atoms with van der Waals surface area (Å²) >= 11 is 5.67. The third kappa shape index (κ3) is 4.74. The summed E-state index contributed by atoms with van der Waals surface area (Å²) < 4.78 is 1.30. The average molecular weight is 358 g/mol. The maximum atomic E-state index is 12.3. The number of aryl methyl sites for hydroxylation is 1. The SMILES string of the molecule is C=C(Cl)/C=C\C(=C)Cn1nc(-c2ccc([N+](=O)[O-])cc2)cc(C)c1=O. The molecule has 0 aliphatic rings. The number of rotatable bonds is 6. The maximum Gasteiger partial charge on any atom is 0.270 e. The molecular formula is C18H16ClN3O3. The van der Waals surface area contributed by atoms with E-state index >= 15 is 0 Å². The minimum Gasteiger partial charge on any atom is -0.268 e. The molecule has 0 saturated heterocycles. The van der Waals surface area contributed by atoms with E-state index in [4.69, 9.17) is 11.6 Å². The van der Waals surface area contributed by atoms with Crippen LogP contribution in [0.2, 0.25) is 0 Å². The first-order chi connectivity index (χ1) is 11.8. The maximum absolute atomic E-state index is 12.3. The van der Waals surface area contributed by atoms with Gasteiger partial charge in [0.2, 0.25) is 0 Å². The molecule has 0 aliphatic carbocycles. The summed E-state index contributed by atoms with van der Waals surface area (Å²) in [5, 5.41) is 15.4. The third-order valence-corrected chi connectivity index (χ3v) is 3.51. The van der Waals surface area contributed by atoms with E-state index in [1.807, 2.05) is 0 Å². The van der Waals surface area contributed by atoms with E-state index in [0.717, 1.165) is 0 Å². The lowest BCUT2D eigenvalue weighted by Gasteiger charge is -2.09. The van der Waals surface area contributed by atoms with Gasteiger partial charge in [0.15, 0.2) is 0 Å². The first-order valence-corrected chi connectivity index (χ1v) is 7.69. The topological polar surface area (TPSA) is 78.0 Å². The quantitative estimate of drug-likeness (QED) is 0.445. The van der Waals surface area contributed by atoms with E-state index in [-0.39, 0.29) is 17.8 Å². The molecule has 6 nitrogen and oxygen atoms in total. The van der Waals surface area contributed by atoms with Crippen LogP contribution < -0.4 is 5.56 Å². The standard InChI is InChI=1S/C18H16ClN3O3/c1-12(4-5-14(3)19)11-21-18(23)13(2)10-17(20-21)15-6-8-16(9-7-15)22(24)25/h4-10H,1,3,11H2,2H3/b5-4-. The van der Waals surface area contributed by atoms with Gasteiger partial charge in [0.25, 0.3) is 11.2 Å². The second kappa shape index (κ2) is 7.72. The van der Waals surface area contributed by atoms with E-state index in [1.165, 1.54) is 16.8 Å². The Bertz CT molecular complexity index is 928. The first kappa shape index (κ1) is 18.4. The van der Waals surface area contributed by atoms with Gasteiger partial charge in [-0.25, -0.2) is 4.68 Å². The van der Waals surface area contributed by atoms with Crippen LogP contribution in [0.15, 0.2) is 71.0 Å². The fourth-order valence-corrected chi connectivity index (χ4v) is 2.19. The Kier molecular flexibility index (Phi) is 5.67. The summed E-state index contributed by atoms with van der Waals surface area (Å²) in [5.41, 5.74) is 2.14. The summed E-state index contributed by atoms with van der Waals surface area (Å²) in [6, 6.07) is 7.65. The Morgan fingerprint density at radius 1 is 1.32 bits per heavy atom. The number of nitro groups is 1. The summed E-state index contributed by atoms with van der Waals surface area (Å²) in [6.07, 6.45) is 3.25. The van der Waals surface area contributed by atoms with Crippen molar-refractivity contribution in [1.82, 2.24) is 9.78 Å². The predicted molar refractivity (Wildman–Crippen MR) is 98.6 cm³/mol. The van der Waals surface area contributed by atoms with E-state index < -0.39 is 4.92 Å². The molecule has 0 N–H and O–H groups in total. The van der Waals surface area contributed by atoms with Crippen molar-refractivity contribution in [2.45, 2.75) is 13.5 Å². The molecular weight excluding hydrogens is 342 g/mol. The smallest absolute Gasteiger partial charge is 0.268 e. The van der Waals surface area contributed by atoms with Crippen LogP contribution in [0.5, 0.6) is 0 Å². The summed E-state index contributed by atoms with van der Waals surface area (Å²) in [6.45, 7) is 9.29. The molecule has 0 saturated carbocycles. The normalized spacial score (nSPS) is 10.8. The lowest BCUT2D eigenvalue weighted by Crippen LogP contribution is -2.25. The van der Waals surface area contributed by atoms with Crippen molar-refractivity contribution in [2.75, 3.05) is 0 Å². The van der Waals surface area contributed by atoms with Crippen molar-refractivity contribution in [2.24, 2.45) is 0 Å². The number of benzene rings is 1. The van der Waals surface area contributed by atoms with Gasteiger partial charge >= 0.3 is 0 Å². The Morgan fingerprint density at radius 2 is 1.96 bits per heavy atom. The zero-order chi connectivity index (χ0) is 18.6. The predicted octanol–water partition coefficient (Wildman–Crippen LogP) is 3.99. The summed E-state index contributed by atoms with van der Waals surface area (Å²) in [4.78, 5) is 22.5. The third-order valence-electron chi connectivity index (χ3n) is 3.38. The lowest BCUT2D eigenvalue weighted by molar-refractivity contribution is -0.384. The van der Waals surface area contributed by atoms with Crippen LogP contribution in [-0.4, -0.2) is 14.7 Å². The zero-order valence-electron chi connectivity index (χ0n) is 13.6. The van der Waals surface area contributed by atoms with Gasteiger partial charge in [-0.15, -0.1) is 0 Å². The highest BCUT2D eigenvalue weighted by Gasteiger charge is 2.10. The van der Waals surface area contributed by atoms with Crippen LogP contribution in [0, 0.1) is 17.0 Å². The van der Waals surface area contributed by atoms with E-state index in [1.54, 1.807) is 37.3 Å². The second-order valence-corrected chi connectivity index (χ2v) is 5.90. The number of hydrogen-bond donors (Lipinski definition) is 0. The van der Waals surface area contributed by atoms with Gasteiger partial charge in [0.05, 0.1) is 17.2 Å². The largest absolute Gasteiger partial charge is 0.270 e. The van der Waals surface area contributed by atoms with E-state index in [2.05, 4.69) is 18.3 Å². The molecule has 1 aromatic heterocycles. The van der Waals surface area contributed by atoms with Gasteiger partial charge in [0.1, 0.15) is 0 Å². The molecule has 0 amide bonds. The molecule has 0 aliphatic heterocycles. The molecule has 25 heavy (non-hydrogen) atoms. The van der Waals surface area contributed by atoms with Crippen LogP contribution in [0.25, 0.3) is 11.3 Å². The van der Waals surface area contributed by atoms with Crippen molar-refractivity contribution >= 4 is 17.3 Å². The number of allylic oxidation sites excluding steroid dienone is 4. The molecule has 0 atom stereocenters. The van der Waals surface area contributed by atoms with Crippen LogP contribution in [-0.2, 0) is 6.54 Å². The highest BCUT2D eigenvalue weighted by atomic mass is 35.5. The molecule has 0 radical (unpaired) electrons. The highest BCUT2D eigenvalue weighted by Crippen LogP contribution is 2.20. The highest BCUT2D eigenvalue weighted by molar-refractivity contribution is 6.30. The number of nitrogens with zero attached hydrogens (tertiary/aromatic N) is 3. The molecule has 128 valence electrons. The zero-order valence-corrected chi connectivity index (χ0v) is 14.4. The molecule has 0 bridgehead atoms.